The third-order valence-corrected chi connectivity index (χ3v) is 3.31. The second-order valence-electron chi connectivity index (χ2n) is 4.21. The molecule has 1 aromatic heterocycles. The van der Waals surface area contributed by atoms with Crippen LogP contribution in [-0.2, 0) is 13.1 Å². The van der Waals surface area contributed by atoms with Crippen LogP contribution in [0.1, 0.15) is 47.1 Å². The first kappa shape index (κ1) is 8.91. The Bertz CT molecular complexity index is 421. The molecule has 0 spiro atoms. The molecular formula is C10H13N3O2. The van der Waals surface area contributed by atoms with Crippen molar-refractivity contribution in [3.05, 3.63) is 17.0 Å². The largest absolute Gasteiger partial charge is 0.477 e. The van der Waals surface area contributed by atoms with Crippen molar-refractivity contribution < 1.29 is 9.90 Å². The quantitative estimate of drug-likeness (QED) is 0.756. The van der Waals surface area contributed by atoms with Crippen molar-refractivity contribution in [1.82, 2.24) is 15.1 Å². The number of carbonyl (C=O) groups is 1. The molecule has 1 aliphatic carbocycles. The van der Waals surface area contributed by atoms with E-state index in [1.54, 1.807) is 4.68 Å². The molecule has 2 heterocycles. The summed E-state index contributed by atoms with van der Waals surface area (Å²) in [5.41, 5.74) is 2.20. The maximum atomic E-state index is 11.2. The lowest BCUT2D eigenvalue weighted by molar-refractivity contribution is 0.0673. The Morgan fingerprint density at radius 1 is 1.47 bits per heavy atom. The lowest BCUT2D eigenvalue weighted by Gasteiger charge is -2.26. The maximum Gasteiger partial charge on any atom is 0.354 e. The van der Waals surface area contributed by atoms with Gasteiger partial charge in [-0.3, -0.25) is 4.68 Å². The Labute approximate surface area is 87.1 Å². The van der Waals surface area contributed by atoms with Crippen LogP contribution < -0.4 is 5.32 Å². The van der Waals surface area contributed by atoms with Gasteiger partial charge in [-0.25, -0.2) is 4.79 Å². The van der Waals surface area contributed by atoms with Gasteiger partial charge >= 0.3 is 5.97 Å². The molecular weight excluding hydrogens is 194 g/mol. The van der Waals surface area contributed by atoms with E-state index < -0.39 is 5.97 Å². The van der Waals surface area contributed by atoms with Crippen LogP contribution in [0, 0.1) is 0 Å². The molecule has 15 heavy (non-hydrogen) atoms. The van der Waals surface area contributed by atoms with Gasteiger partial charge in [0.25, 0.3) is 0 Å². The molecule has 1 aromatic rings. The van der Waals surface area contributed by atoms with Crippen molar-refractivity contribution in [2.24, 2.45) is 0 Å². The number of carboxylic acids is 1. The molecule has 0 saturated heterocycles. The molecule has 0 amide bonds. The Balaban J connectivity index is 2.09. The predicted octanol–water partition coefficient (Wildman–Crippen LogP) is 0.909. The average molecular weight is 207 g/mol. The van der Waals surface area contributed by atoms with Gasteiger partial charge in [-0.15, -0.1) is 0 Å². The molecule has 80 valence electrons. The van der Waals surface area contributed by atoms with E-state index in [-0.39, 0.29) is 0 Å². The van der Waals surface area contributed by atoms with Gasteiger partial charge in [0.15, 0.2) is 5.69 Å². The number of nitrogens with one attached hydrogen (secondary N) is 1. The molecule has 3 rings (SSSR count). The van der Waals surface area contributed by atoms with Gasteiger partial charge in [-0.2, -0.15) is 5.10 Å². The van der Waals surface area contributed by atoms with Crippen molar-refractivity contribution in [2.45, 2.75) is 38.4 Å². The third kappa shape index (κ3) is 1.19. The van der Waals surface area contributed by atoms with Crippen molar-refractivity contribution in [2.75, 3.05) is 0 Å². The van der Waals surface area contributed by atoms with Crippen LogP contribution in [0.4, 0.5) is 0 Å². The molecule has 1 aliphatic heterocycles. The zero-order chi connectivity index (χ0) is 10.4. The van der Waals surface area contributed by atoms with Crippen LogP contribution in [0.25, 0.3) is 0 Å². The highest BCUT2D eigenvalue weighted by atomic mass is 16.4. The predicted molar refractivity (Wildman–Crippen MR) is 52.6 cm³/mol. The van der Waals surface area contributed by atoms with E-state index >= 15 is 0 Å². The summed E-state index contributed by atoms with van der Waals surface area (Å²) in [6.45, 7) is 1.35. The van der Waals surface area contributed by atoms with E-state index in [2.05, 4.69) is 10.4 Å². The lowest BCUT2D eigenvalue weighted by atomic mass is 9.93. The van der Waals surface area contributed by atoms with Crippen LogP contribution in [0.15, 0.2) is 0 Å². The number of hydrogen-bond donors (Lipinski definition) is 2. The summed E-state index contributed by atoms with van der Waals surface area (Å²) in [6.07, 6.45) is 3.31. The third-order valence-electron chi connectivity index (χ3n) is 3.31. The number of aromatic nitrogens is 2. The first-order chi connectivity index (χ1) is 7.27. The van der Waals surface area contributed by atoms with Gasteiger partial charge in [-0.05, 0) is 19.3 Å². The molecule has 1 saturated carbocycles. The summed E-state index contributed by atoms with van der Waals surface area (Å²) in [6, 6.07) is 0.321. The lowest BCUT2D eigenvalue weighted by Crippen LogP contribution is -2.23. The zero-order valence-electron chi connectivity index (χ0n) is 8.36. The summed E-state index contributed by atoms with van der Waals surface area (Å²) in [5.74, 6) is -0.848. The number of carboxylic acid groups (broad SMARTS) is 1. The fourth-order valence-electron chi connectivity index (χ4n) is 2.27. The number of nitrogens with zero attached hydrogens (tertiary/aromatic N) is 2. The van der Waals surface area contributed by atoms with Crippen molar-refractivity contribution >= 4 is 5.97 Å². The van der Waals surface area contributed by atoms with Crippen LogP contribution in [-0.4, -0.2) is 20.9 Å². The Hall–Kier alpha value is -1.36. The fraction of sp³-hybridized carbons (Fsp3) is 0.600. The molecule has 0 atom stereocenters. The van der Waals surface area contributed by atoms with Gasteiger partial charge in [0, 0.05) is 18.7 Å². The fourth-order valence-corrected chi connectivity index (χ4v) is 2.27. The molecule has 1 fully saturated rings. The summed E-state index contributed by atoms with van der Waals surface area (Å²) >= 11 is 0. The molecule has 0 aromatic carbocycles. The number of aromatic carboxylic acids is 1. The standard InChI is InChI=1S/C10H13N3O2/c14-10(15)9-7-4-11-5-8(7)12-13(9)6-2-1-3-6/h6,11H,1-5H2,(H,14,15). The number of hydrogen-bond acceptors (Lipinski definition) is 3. The summed E-state index contributed by atoms with van der Waals surface area (Å²) < 4.78 is 1.73. The SMILES string of the molecule is O=C(O)c1c2c(nn1C1CCC1)CNC2. The Morgan fingerprint density at radius 2 is 2.27 bits per heavy atom. The van der Waals surface area contributed by atoms with Gasteiger partial charge in [-0.1, -0.05) is 0 Å². The highest BCUT2D eigenvalue weighted by Crippen LogP contribution is 2.34. The zero-order valence-corrected chi connectivity index (χ0v) is 8.36. The van der Waals surface area contributed by atoms with Gasteiger partial charge < -0.3 is 10.4 Å². The van der Waals surface area contributed by atoms with Crippen LogP contribution in [0.3, 0.4) is 0 Å². The van der Waals surface area contributed by atoms with Crippen molar-refractivity contribution in [3.8, 4) is 0 Å². The molecule has 0 bridgehead atoms. The summed E-state index contributed by atoms with van der Waals surface area (Å²) in [4.78, 5) is 11.2. The Kier molecular flexibility index (Phi) is 1.82. The highest BCUT2D eigenvalue weighted by Gasteiger charge is 2.31. The van der Waals surface area contributed by atoms with E-state index in [4.69, 9.17) is 0 Å². The molecule has 5 nitrogen and oxygen atoms in total. The summed E-state index contributed by atoms with van der Waals surface area (Å²) in [7, 11) is 0. The summed E-state index contributed by atoms with van der Waals surface area (Å²) in [5, 5.41) is 16.7. The first-order valence-electron chi connectivity index (χ1n) is 5.31. The van der Waals surface area contributed by atoms with Crippen molar-refractivity contribution in [1.29, 1.82) is 0 Å². The topological polar surface area (TPSA) is 67.1 Å². The minimum Gasteiger partial charge on any atom is -0.477 e. The molecule has 5 heteroatoms. The maximum absolute atomic E-state index is 11.2. The molecule has 0 unspecified atom stereocenters. The molecule has 2 aliphatic rings. The monoisotopic (exact) mass is 207 g/mol. The van der Waals surface area contributed by atoms with Gasteiger partial charge in [0.2, 0.25) is 0 Å². The first-order valence-corrected chi connectivity index (χ1v) is 5.31. The van der Waals surface area contributed by atoms with E-state index in [1.807, 2.05) is 0 Å². The Morgan fingerprint density at radius 3 is 2.87 bits per heavy atom. The molecule has 2 N–H and O–H groups in total. The van der Waals surface area contributed by atoms with Crippen LogP contribution in [0.5, 0.6) is 0 Å². The highest BCUT2D eigenvalue weighted by molar-refractivity contribution is 5.88. The number of fused-ring (bicyclic) bond motifs is 1. The minimum atomic E-state index is -0.848. The molecule has 0 radical (unpaired) electrons. The van der Waals surface area contributed by atoms with Gasteiger partial charge in [0.05, 0.1) is 11.7 Å². The minimum absolute atomic E-state index is 0.321. The van der Waals surface area contributed by atoms with E-state index in [0.29, 0.717) is 24.8 Å². The average Bonchev–Trinajstić information content (AvgIpc) is 2.58. The second kappa shape index (κ2) is 3.06. The van der Waals surface area contributed by atoms with Crippen LogP contribution in [0.2, 0.25) is 0 Å². The smallest absolute Gasteiger partial charge is 0.354 e. The van der Waals surface area contributed by atoms with E-state index in [9.17, 15) is 9.90 Å². The normalized spacial score (nSPS) is 20.0. The van der Waals surface area contributed by atoms with Gasteiger partial charge in [0.1, 0.15) is 0 Å². The van der Waals surface area contributed by atoms with E-state index in [1.165, 1.54) is 6.42 Å². The number of rotatable bonds is 2. The van der Waals surface area contributed by atoms with Crippen LogP contribution >= 0.6 is 0 Å². The second-order valence-corrected chi connectivity index (χ2v) is 4.21. The van der Waals surface area contributed by atoms with Crippen molar-refractivity contribution in [3.63, 3.8) is 0 Å². The van der Waals surface area contributed by atoms with E-state index in [0.717, 1.165) is 24.1 Å².